The van der Waals surface area contributed by atoms with E-state index in [-0.39, 0.29) is 19.3 Å². The number of carbonyl (C=O) groups excluding carboxylic acids is 4. The highest BCUT2D eigenvalue weighted by Crippen LogP contribution is 2.39. The van der Waals surface area contributed by atoms with E-state index >= 15 is 0 Å². The van der Waals surface area contributed by atoms with Gasteiger partial charge in [0.05, 0.1) is 0 Å². The molecule has 14 heteroatoms. The summed E-state index contributed by atoms with van der Waals surface area (Å²) in [5.74, 6) is -0.962. The third-order valence-corrected chi connectivity index (χ3v) is 8.23. The Labute approximate surface area is 254 Å². The average Bonchev–Trinajstić information content (AvgIpc) is 3.59. The van der Waals surface area contributed by atoms with Crippen LogP contribution in [-0.2, 0) is 44.7 Å². The summed E-state index contributed by atoms with van der Waals surface area (Å²) < 4.78 is 30.8. The van der Waals surface area contributed by atoms with E-state index in [0.717, 1.165) is 31.2 Å². The minimum Gasteiger partial charge on any atom is -0.486 e. The number of amides is 1. The van der Waals surface area contributed by atoms with Crippen LogP contribution in [0.25, 0.3) is 0 Å². The smallest absolute Gasteiger partial charge is 0.303 e. The predicted octanol–water partition coefficient (Wildman–Crippen LogP) is 3.03. The second-order valence-corrected chi connectivity index (χ2v) is 11.7. The lowest BCUT2D eigenvalue weighted by molar-refractivity contribution is -0.211. The highest BCUT2D eigenvalue weighted by molar-refractivity contribution is 7.99. The van der Waals surface area contributed by atoms with Crippen LogP contribution in [-0.4, -0.2) is 75.0 Å². The summed E-state index contributed by atoms with van der Waals surface area (Å²) in [7, 11) is 0. The van der Waals surface area contributed by atoms with Crippen molar-refractivity contribution in [2.45, 2.75) is 108 Å². The van der Waals surface area contributed by atoms with Crippen molar-refractivity contribution in [2.75, 3.05) is 6.61 Å². The minimum atomic E-state index is -1.17. The lowest BCUT2D eigenvalue weighted by Gasteiger charge is -2.44. The van der Waals surface area contributed by atoms with Crippen molar-refractivity contribution in [1.29, 1.82) is 0 Å². The van der Waals surface area contributed by atoms with Crippen molar-refractivity contribution < 1.29 is 42.9 Å². The number of benzene rings is 1. The second kappa shape index (κ2) is 14.7. The van der Waals surface area contributed by atoms with Gasteiger partial charge < -0.3 is 29.0 Å². The highest BCUT2D eigenvalue weighted by atomic mass is 32.2. The van der Waals surface area contributed by atoms with Crippen molar-refractivity contribution in [2.24, 2.45) is 0 Å². The van der Waals surface area contributed by atoms with Crippen LogP contribution in [0.4, 0.5) is 0 Å². The Bertz CT molecular complexity index is 1300. The zero-order valence-electron chi connectivity index (χ0n) is 24.9. The number of hydrogen-bond acceptors (Lipinski definition) is 12. The first-order valence-electron chi connectivity index (χ1n) is 14.2. The van der Waals surface area contributed by atoms with Crippen molar-refractivity contribution in [3.63, 3.8) is 0 Å². The predicted molar refractivity (Wildman–Crippen MR) is 153 cm³/mol. The fourth-order valence-corrected chi connectivity index (χ4v) is 6.52. The molecule has 1 aliphatic heterocycles. The molecule has 4 rings (SSSR count). The van der Waals surface area contributed by atoms with Crippen LogP contribution in [0.15, 0.2) is 29.4 Å². The number of carbonyl (C=O) groups is 4. The highest BCUT2D eigenvalue weighted by Gasteiger charge is 2.51. The standard InChI is InChI=1S/C29H38N4O9S/c1-16-10-12-22(13-11-16)39-15-24-31-32-29(33(24)21-8-6-7-9-21)43-28-25(30-17(2)34)27(41-20(5)37)26(40-19(4)36)23(42-28)14-38-18(3)35/h10-13,21,23,25-28H,6-9,14-15H2,1-5H3,(H,30,34)/t23-,25+,26+,27-,28-/m0/s1. The summed E-state index contributed by atoms with van der Waals surface area (Å²) in [5, 5.41) is 12.2. The Hall–Kier alpha value is -3.65. The number of aryl methyl sites for hydroxylation is 1. The molecule has 0 radical (unpaired) electrons. The molecular weight excluding hydrogens is 580 g/mol. The molecule has 1 aliphatic carbocycles. The van der Waals surface area contributed by atoms with Gasteiger partial charge in [0.25, 0.3) is 0 Å². The van der Waals surface area contributed by atoms with E-state index in [1.54, 1.807) is 0 Å². The first kappa shape index (κ1) is 32.3. The lowest BCUT2D eigenvalue weighted by Crippen LogP contribution is -2.65. The summed E-state index contributed by atoms with van der Waals surface area (Å²) in [6, 6.07) is 6.91. The maximum atomic E-state index is 12.3. The molecule has 13 nitrogen and oxygen atoms in total. The Balaban J connectivity index is 1.68. The maximum Gasteiger partial charge on any atom is 0.303 e. The van der Waals surface area contributed by atoms with Crippen LogP contribution < -0.4 is 10.1 Å². The molecule has 1 aromatic carbocycles. The van der Waals surface area contributed by atoms with Gasteiger partial charge in [-0.15, -0.1) is 10.2 Å². The largest absolute Gasteiger partial charge is 0.486 e. The van der Waals surface area contributed by atoms with Gasteiger partial charge in [-0.2, -0.15) is 0 Å². The van der Waals surface area contributed by atoms with Gasteiger partial charge in [-0.1, -0.05) is 42.3 Å². The maximum absolute atomic E-state index is 12.3. The molecule has 1 aromatic heterocycles. The number of rotatable bonds is 11. The molecule has 43 heavy (non-hydrogen) atoms. The van der Waals surface area contributed by atoms with E-state index in [1.165, 1.54) is 39.5 Å². The number of nitrogens with one attached hydrogen (secondary N) is 1. The van der Waals surface area contributed by atoms with Crippen LogP contribution in [0.2, 0.25) is 0 Å². The van der Waals surface area contributed by atoms with Crippen LogP contribution >= 0.6 is 11.8 Å². The van der Waals surface area contributed by atoms with E-state index in [9.17, 15) is 19.2 Å². The summed E-state index contributed by atoms with van der Waals surface area (Å²) in [5.41, 5.74) is 0.229. The normalized spacial score (nSPS) is 23.8. The van der Waals surface area contributed by atoms with E-state index in [2.05, 4.69) is 15.5 Å². The first-order chi connectivity index (χ1) is 20.5. The summed E-state index contributed by atoms with van der Waals surface area (Å²) in [6.07, 6.45) is 0.662. The monoisotopic (exact) mass is 618 g/mol. The van der Waals surface area contributed by atoms with Crippen LogP contribution in [0.3, 0.4) is 0 Å². The quantitative estimate of drug-likeness (QED) is 0.290. The number of thioether (sulfide) groups is 1. The lowest BCUT2D eigenvalue weighted by atomic mass is 9.97. The van der Waals surface area contributed by atoms with Crippen molar-refractivity contribution >= 4 is 35.6 Å². The Morgan fingerprint density at radius 2 is 1.60 bits per heavy atom. The van der Waals surface area contributed by atoms with Crippen LogP contribution in [0.5, 0.6) is 5.75 Å². The van der Waals surface area contributed by atoms with E-state index in [1.807, 2.05) is 35.8 Å². The molecule has 1 amide bonds. The molecular formula is C29H38N4O9S. The van der Waals surface area contributed by atoms with Crippen LogP contribution in [0.1, 0.15) is 70.8 Å². The van der Waals surface area contributed by atoms with Gasteiger partial charge in [-0.3, -0.25) is 23.7 Å². The number of aromatic nitrogens is 3. The van der Waals surface area contributed by atoms with Crippen molar-refractivity contribution in [3.05, 3.63) is 35.7 Å². The average molecular weight is 619 g/mol. The minimum absolute atomic E-state index is 0.131. The number of esters is 3. The molecule has 0 bridgehead atoms. The summed E-state index contributed by atoms with van der Waals surface area (Å²) in [4.78, 5) is 48.3. The van der Waals surface area contributed by atoms with E-state index in [4.69, 9.17) is 23.7 Å². The molecule has 2 aromatic rings. The van der Waals surface area contributed by atoms with Crippen LogP contribution in [0, 0.1) is 6.92 Å². The number of nitrogens with zero attached hydrogens (tertiary/aromatic N) is 3. The van der Waals surface area contributed by atoms with Gasteiger partial charge in [-0.25, -0.2) is 0 Å². The SMILES string of the molecule is CC(=O)N[C@@H]1[C@H](OC(C)=O)[C@H](OC(C)=O)[C@H](COC(C)=O)O[C@H]1Sc1nnc(COc2ccc(C)cc2)n1C1CCCC1. The molecule has 0 unspecified atom stereocenters. The van der Waals surface area contributed by atoms with Gasteiger partial charge >= 0.3 is 17.9 Å². The Kier molecular flexibility index (Phi) is 11.0. The van der Waals surface area contributed by atoms with Gasteiger partial charge in [0.2, 0.25) is 5.91 Å². The number of hydrogen-bond donors (Lipinski definition) is 1. The van der Waals surface area contributed by atoms with Gasteiger partial charge in [0.15, 0.2) is 23.2 Å². The third kappa shape index (κ3) is 8.69. The fraction of sp³-hybridized carbons (Fsp3) is 0.586. The Morgan fingerprint density at radius 1 is 0.953 bits per heavy atom. The molecule has 234 valence electrons. The second-order valence-electron chi connectivity index (χ2n) is 10.6. The molecule has 5 atom stereocenters. The zero-order chi connectivity index (χ0) is 31.1. The first-order valence-corrected chi connectivity index (χ1v) is 15.1. The van der Waals surface area contributed by atoms with Crippen molar-refractivity contribution in [3.8, 4) is 5.75 Å². The van der Waals surface area contributed by atoms with E-state index < -0.39 is 53.6 Å². The molecule has 1 saturated heterocycles. The molecule has 1 N–H and O–H groups in total. The zero-order valence-corrected chi connectivity index (χ0v) is 25.8. The summed E-state index contributed by atoms with van der Waals surface area (Å²) in [6.45, 7) is 6.89. The topological polar surface area (TPSA) is 157 Å². The molecule has 0 spiro atoms. The number of ether oxygens (including phenoxy) is 5. The van der Waals surface area contributed by atoms with Gasteiger partial charge in [0, 0.05) is 33.7 Å². The molecule has 2 heterocycles. The van der Waals surface area contributed by atoms with Gasteiger partial charge in [-0.05, 0) is 31.9 Å². The molecule has 2 fully saturated rings. The third-order valence-electron chi connectivity index (χ3n) is 7.11. The molecule has 2 aliphatic rings. The van der Waals surface area contributed by atoms with E-state index in [0.29, 0.717) is 16.7 Å². The van der Waals surface area contributed by atoms with Crippen molar-refractivity contribution in [1.82, 2.24) is 20.1 Å². The fourth-order valence-electron chi connectivity index (χ4n) is 5.29. The molecule has 1 saturated carbocycles. The Morgan fingerprint density at radius 3 is 2.21 bits per heavy atom. The van der Waals surface area contributed by atoms with Gasteiger partial charge in [0.1, 0.15) is 36.5 Å². The summed E-state index contributed by atoms with van der Waals surface area (Å²) >= 11 is 1.19.